The fourth-order valence-electron chi connectivity index (χ4n) is 1.22. The minimum absolute atomic E-state index is 0.0747. The summed E-state index contributed by atoms with van der Waals surface area (Å²) in [6.45, 7) is 3.10. The minimum atomic E-state index is -3.85. The smallest absolute Gasteiger partial charge is 0.242 e. The first kappa shape index (κ1) is 13.5. The van der Waals surface area contributed by atoms with Gasteiger partial charge in [0, 0.05) is 0 Å². The van der Waals surface area contributed by atoms with E-state index in [-0.39, 0.29) is 10.6 Å². The number of rotatable bonds is 4. The Kier molecular flexibility index (Phi) is 3.44. The van der Waals surface area contributed by atoms with E-state index >= 15 is 0 Å². The summed E-state index contributed by atoms with van der Waals surface area (Å²) in [4.78, 5) is 11.1. The molecule has 0 spiro atoms. The van der Waals surface area contributed by atoms with Gasteiger partial charge in [0.2, 0.25) is 15.9 Å². The zero-order valence-corrected chi connectivity index (χ0v) is 10.4. The van der Waals surface area contributed by atoms with Crippen LogP contribution in [0.2, 0.25) is 0 Å². The van der Waals surface area contributed by atoms with Crippen LogP contribution in [0.4, 0.5) is 5.69 Å². The second-order valence-electron chi connectivity index (χ2n) is 4.16. The predicted octanol–water partition coefficient (Wildman–Crippen LogP) is 0.00980. The lowest BCUT2D eigenvalue weighted by molar-refractivity contribution is -0.121. The monoisotopic (exact) mass is 257 g/mol. The van der Waals surface area contributed by atoms with E-state index in [0.717, 1.165) is 0 Å². The zero-order chi connectivity index (χ0) is 13.3. The van der Waals surface area contributed by atoms with Gasteiger partial charge in [-0.05, 0) is 26.0 Å². The summed E-state index contributed by atoms with van der Waals surface area (Å²) in [7, 11) is -3.85. The van der Waals surface area contributed by atoms with Gasteiger partial charge in [0.25, 0.3) is 0 Å². The fourth-order valence-corrected chi connectivity index (χ4v) is 1.91. The number of carbonyl (C=O) groups excluding carboxylic acids is 1. The Morgan fingerprint density at radius 2 is 1.82 bits per heavy atom. The molecule has 1 amide bonds. The van der Waals surface area contributed by atoms with E-state index < -0.39 is 21.5 Å². The van der Waals surface area contributed by atoms with Gasteiger partial charge in [-0.2, -0.15) is 0 Å². The van der Waals surface area contributed by atoms with Crippen molar-refractivity contribution in [2.75, 3.05) is 5.32 Å². The molecule has 94 valence electrons. The lowest BCUT2D eigenvalue weighted by Crippen LogP contribution is -2.45. The molecule has 0 aliphatic carbocycles. The Bertz CT molecular complexity index is 537. The van der Waals surface area contributed by atoms with Gasteiger partial charge in [0.05, 0.1) is 5.69 Å². The molecule has 0 aromatic heterocycles. The SMILES string of the molecule is CC(C)(Nc1ccccc1S(N)(=O)=O)C(N)=O. The standard InChI is InChI=1S/C10H15N3O3S/c1-10(2,9(11)14)13-7-5-3-4-6-8(7)17(12,15)16/h3-6,13H,1-2H3,(H2,11,14)(H2,12,15,16). The van der Waals surface area contributed by atoms with Crippen LogP contribution in [-0.2, 0) is 14.8 Å². The maximum Gasteiger partial charge on any atom is 0.242 e. The number of carbonyl (C=O) groups is 1. The highest BCUT2D eigenvalue weighted by atomic mass is 32.2. The molecule has 1 aromatic carbocycles. The van der Waals surface area contributed by atoms with Crippen LogP contribution in [0.15, 0.2) is 29.2 Å². The molecule has 0 aliphatic rings. The minimum Gasteiger partial charge on any atom is -0.371 e. The molecule has 5 N–H and O–H groups in total. The number of primary sulfonamides is 1. The van der Waals surface area contributed by atoms with Crippen LogP contribution >= 0.6 is 0 Å². The average molecular weight is 257 g/mol. The van der Waals surface area contributed by atoms with Crippen LogP contribution in [-0.4, -0.2) is 19.9 Å². The number of benzene rings is 1. The highest BCUT2D eigenvalue weighted by Crippen LogP contribution is 2.22. The summed E-state index contributed by atoms with van der Waals surface area (Å²) in [5, 5.41) is 7.83. The Balaban J connectivity index is 3.21. The lowest BCUT2D eigenvalue weighted by Gasteiger charge is -2.24. The van der Waals surface area contributed by atoms with Gasteiger partial charge >= 0.3 is 0 Å². The zero-order valence-electron chi connectivity index (χ0n) is 9.60. The van der Waals surface area contributed by atoms with Crippen LogP contribution in [0.5, 0.6) is 0 Å². The lowest BCUT2D eigenvalue weighted by atomic mass is 10.0. The molecular weight excluding hydrogens is 242 g/mol. The van der Waals surface area contributed by atoms with Gasteiger partial charge in [0.15, 0.2) is 0 Å². The van der Waals surface area contributed by atoms with Crippen molar-refractivity contribution in [1.29, 1.82) is 0 Å². The molecule has 0 heterocycles. The molecule has 0 aliphatic heterocycles. The van der Waals surface area contributed by atoms with Crippen molar-refractivity contribution < 1.29 is 13.2 Å². The average Bonchev–Trinajstić information content (AvgIpc) is 2.15. The third-order valence-electron chi connectivity index (χ3n) is 2.26. The highest BCUT2D eigenvalue weighted by Gasteiger charge is 2.26. The number of para-hydroxylation sites is 1. The Morgan fingerprint density at radius 3 is 2.29 bits per heavy atom. The van der Waals surface area contributed by atoms with Gasteiger partial charge in [-0.1, -0.05) is 12.1 Å². The van der Waals surface area contributed by atoms with Crippen molar-refractivity contribution in [3.63, 3.8) is 0 Å². The molecule has 17 heavy (non-hydrogen) atoms. The summed E-state index contributed by atoms with van der Waals surface area (Å²) in [6.07, 6.45) is 0. The number of amides is 1. The van der Waals surface area contributed by atoms with Crippen LogP contribution < -0.4 is 16.2 Å². The topological polar surface area (TPSA) is 115 Å². The number of hydrogen-bond donors (Lipinski definition) is 3. The van der Waals surface area contributed by atoms with Gasteiger partial charge in [-0.3, -0.25) is 4.79 Å². The quantitative estimate of drug-likeness (QED) is 0.704. The van der Waals surface area contributed by atoms with Gasteiger partial charge in [-0.25, -0.2) is 13.6 Å². The van der Waals surface area contributed by atoms with Crippen molar-refractivity contribution in [1.82, 2.24) is 0 Å². The molecule has 0 atom stereocenters. The first-order valence-corrected chi connectivity index (χ1v) is 6.39. The van der Waals surface area contributed by atoms with Gasteiger partial charge < -0.3 is 11.1 Å². The Labute approximate surface area is 100 Å². The summed E-state index contributed by atoms with van der Waals surface area (Å²) >= 11 is 0. The summed E-state index contributed by atoms with van der Waals surface area (Å²) in [5.41, 5.74) is 4.38. The van der Waals surface area contributed by atoms with E-state index in [0.29, 0.717) is 0 Å². The number of primary amides is 1. The molecule has 6 nitrogen and oxygen atoms in total. The fraction of sp³-hybridized carbons (Fsp3) is 0.300. The third kappa shape index (κ3) is 3.18. The first-order valence-electron chi connectivity index (χ1n) is 4.84. The number of hydrogen-bond acceptors (Lipinski definition) is 4. The number of sulfonamides is 1. The van der Waals surface area contributed by atoms with E-state index in [1.165, 1.54) is 12.1 Å². The van der Waals surface area contributed by atoms with Crippen LogP contribution in [0.25, 0.3) is 0 Å². The number of nitrogens with two attached hydrogens (primary N) is 2. The molecule has 0 saturated heterocycles. The molecule has 7 heteroatoms. The van der Waals surface area contributed by atoms with Crippen LogP contribution in [0.1, 0.15) is 13.8 Å². The molecule has 1 aromatic rings. The molecule has 0 radical (unpaired) electrons. The maximum absolute atomic E-state index is 11.3. The van der Waals surface area contributed by atoms with E-state index in [9.17, 15) is 13.2 Å². The maximum atomic E-state index is 11.3. The third-order valence-corrected chi connectivity index (χ3v) is 3.23. The second kappa shape index (κ2) is 4.34. The summed E-state index contributed by atoms with van der Waals surface area (Å²) in [6, 6.07) is 6.05. The molecule has 0 unspecified atom stereocenters. The van der Waals surface area contributed by atoms with Crippen LogP contribution in [0, 0.1) is 0 Å². The second-order valence-corrected chi connectivity index (χ2v) is 5.69. The summed E-state index contributed by atoms with van der Waals surface area (Å²) < 4.78 is 22.7. The molecular formula is C10H15N3O3S. The van der Waals surface area contributed by atoms with Gasteiger partial charge in [0.1, 0.15) is 10.4 Å². The Hall–Kier alpha value is -1.60. The number of nitrogens with one attached hydrogen (secondary N) is 1. The molecule has 1 rings (SSSR count). The Morgan fingerprint density at radius 1 is 1.29 bits per heavy atom. The van der Waals surface area contributed by atoms with Gasteiger partial charge in [-0.15, -0.1) is 0 Å². The van der Waals surface area contributed by atoms with E-state index in [4.69, 9.17) is 10.9 Å². The molecule has 0 bridgehead atoms. The first-order chi connectivity index (χ1) is 7.64. The van der Waals surface area contributed by atoms with Crippen molar-refractivity contribution in [3.8, 4) is 0 Å². The van der Waals surface area contributed by atoms with Crippen molar-refractivity contribution in [2.24, 2.45) is 10.9 Å². The van der Waals surface area contributed by atoms with E-state index in [1.54, 1.807) is 26.0 Å². The normalized spacial score (nSPS) is 12.2. The van der Waals surface area contributed by atoms with Crippen molar-refractivity contribution in [2.45, 2.75) is 24.3 Å². The van der Waals surface area contributed by atoms with E-state index in [2.05, 4.69) is 5.32 Å². The molecule has 0 fully saturated rings. The predicted molar refractivity (Wildman–Crippen MR) is 64.7 cm³/mol. The van der Waals surface area contributed by atoms with Crippen molar-refractivity contribution >= 4 is 21.6 Å². The summed E-state index contributed by atoms with van der Waals surface area (Å²) in [5.74, 6) is -0.596. The molecule has 0 saturated carbocycles. The van der Waals surface area contributed by atoms with Crippen molar-refractivity contribution in [3.05, 3.63) is 24.3 Å². The van der Waals surface area contributed by atoms with Crippen LogP contribution in [0.3, 0.4) is 0 Å². The largest absolute Gasteiger partial charge is 0.371 e. The highest BCUT2D eigenvalue weighted by molar-refractivity contribution is 7.89. The van der Waals surface area contributed by atoms with E-state index in [1.807, 2.05) is 0 Å². The number of anilines is 1.